The van der Waals surface area contributed by atoms with Gasteiger partial charge < -0.3 is 4.90 Å². The Bertz CT molecular complexity index is 336. The van der Waals surface area contributed by atoms with Gasteiger partial charge in [-0.15, -0.1) is 0 Å². The quantitative estimate of drug-likeness (QED) is 0.714. The van der Waals surface area contributed by atoms with Gasteiger partial charge in [0.05, 0.1) is 12.0 Å². The molecule has 0 aromatic heterocycles. The van der Waals surface area contributed by atoms with Crippen LogP contribution >= 0.6 is 0 Å². The number of nitrogens with zero attached hydrogens (tertiary/aromatic N) is 2. The molecule has 1 amide bonds. The van der Waals surface area contributed by atoms with Crippen LogP contribution in [0.3, 0.4) is 0 Å². The van der Waals surface area contributed by atoms with Gasteiger partial charge in [-0.3, -0.25) is 4.79 Å². The maximum atomic E-state index is 12.4. The van der Waals surface area contributed by atoms with Crippen molar-refractivity contribution in [3.05, 3.63) is 0 Å². The standard InChI is InChI=1S/C11H15F3N2O/c1-10(2,7-15)9(17)16-5-3-8(4-6-16)11(12,13)14/h8H,3-6H2,1-2H3. The SMILES string of the molecule is CC(C)(C#N)C(=O)N1CCC(C(F)(F)F)CC1. The molecule has 96 valence electrons. The zero-order valence-electron chi connectivity index (χ0n) is 9.84. The fourth-order valence-electron chi connectivity index (χ4n) is 1.85. The lowest BCUT2D eigenvalue weighted by Gasteiger charge is -2.35. The Hall–Kier alpha value is -1.25. The second kappa shape index (κ2) is 4.55. The molecule has 1 heterocycles. The van der Waals surface area contributed by atoms with E-state index in [1.807, 2.05) is 6.07 Å². The molecule has 0 N–H and O–H groups in total. The van der Waals surface area contributed by atoms with E-state index in [0.29, 0.717) is 0 Å². The Labute approximate surface area is 98.2 Å². The van der Waals surface area contributed by atoms with Crippen molar-refractivity contribution in [3.8, 4) is 6.07 Å². The van der Waals surface area contributed by atoms with E-state index in [1.165, 1.54) is 18.7 Å². The minimum Gasteiger partial charge on any atom is -0.341 e. The van der Waals surface area contributed by atoms with Gasteiger partial charge in [-0.2, -0.15) is 18.4 Å². The highest BCUT2D eigenvalue weighted by Gasteiger charge is 2.43. The fourth-order valence-corrected chi connectivity index (χ4v) is 1.85. The van der Waals surface area contributed by atoms with E-state index in [1.54, 1.807) is 0 Å². The average molecular weight is 248 g/mol. The van der Waals surface area contributed by atoms with Crippen molar-refractivity contribution in [2.24, 2.45) is 11.3 Å². The van der Waals surface area contributed by atoms with E-state index in [4.69, 9.17) is 5.26 Å². The normalized spacial score (nSPS) is 18.9. The molecule has 1 aliphatic rings. The molecule has 0 bridgehead atoms. The van der Waals surface area contributed by atoms with E-state index in [2.05, 4.69) is 0 Å². The number of alkyl halides is 3. The van der Waals surface area contributed by atoms with E-state index >= 15 is 0 Å². The van der Waals surface area contributed by atoms with Gasteiger partial charge in [0, 0.05) is 13.1 Å². The summed E-state index contributed by atoms with van der Waals surface area (Å²) in [6, 6.07) is 1.87. The Balaban J connectivity index is 2.60. The molecule has 3 nitrogen and oxygen atoms in total. The first-order valence-corrected chi connectivity index (χ1v) is 5.46. The first-order valence-electron chi connectivity index (χ1n) is 5.46. The number of rotatable bonds is 1. The van der Waals surface area contributed by atoms with E-state index in [0.717, 1.165) is 0 Å². The summed E-state index contributed by atoms with van der Waals surface area (Å²) >= 11 is 0. The summed E-state index contributed by atoms with van der Waals surface area (Å²) in [6.07, 6.45) is -4.33. The molecule has 17 heavy (non-hydrogen) atoms. The smallest absolute Gasteiger partial charge is 0.341 e. The number of nitriles is 1. The van der Waals surface area contributed by atoms with E-state index in [9.17, 15) is 18.0 Å². The molecular formula is C11H15F3N2O. The molecule has 1 fully saturated rings. The number of carbonyl (C=O) groups excluding carboxylic acids is 1. The molecule has 1 saturated heterocycles. The summed E-state index contributed by atoms with van der Waals surface area (Å²) in [7, 11) is 0. The molecule has 0 atom stereocenters. The number of halogens is 3. The first-order chi connectivity index (χ1) is 7.68. The van der Waals surface area contributed by atoms with Gasteiger partial charge in [-0.25, -0.2) is 0 Å². The molecule has 0 aromatic carbocycles. The minimum atomic E-state index is -4.18. The number of carbonyl (C=O) groups is 1. The van der Waals surface area contributed by atoms with Crippen molar-refractivity contribution in [3.63, 3.8) is 0 Å². The first kappa shape index (κ1) is 13.8. The third kappa shape index (κ3) is 3.11. The summed E-state index contributed by atoms with van der Waals surface area (Å²) in [6.45, 7) is 3.11. The predicted molar refractivity (Wildman–Crippen MR) is 54.8 cm³/mol. The third-order valence-corrected chi connectivity index (χ3v) is 3.06. The van der Waals surface area contributed by atoms with Crippen LogP contribution in [0.5, 0.6) is 0 Å². The molecule has 0 unspecified atom stereocenters. The molecule has 0 aromatic rings. The van der Waals surface area contributed by atoms with Gasteiger partial charge in [0.1, 0.15) is 5.41 Å². The maximum Gasteiger partial charge on any atom is 0.391 e. The molecular weight excluding hydrogens is 233 g/mol. The van der Waals surface area contributed by atoms with Crippen LogP contribution in [0.15, 0.2) is 0 Å². The van der Waals surface area contributed by atoms with Crippen molar-refractivity contribution in [2.45, 2.75) is 32.9 Å². The average Bonchev–Trinajstić information content (AvgIpc) is 2.27. The lowest BCUT2D eigenvalue weighted by Crippen LogP contribution is -2.46. The zero-order valence-corrected chi connectivity index (χ0v) is 9.84. The van der Waals surface area contributed by atoms with Crippen LogP contribution in [-0.4, -0.2) is 30.1 Å². The summed E-state index contributed by atoms with van der Waals surface area (Å²) < 4.78 is 37.2. The van der Waals surface area contributed by atoms with Crippen LogP contribution in [0, 0.1) is 22.7 Å². The Morgan fingerprint density at radius 2 is 1.76 bits per heavy atom. The number of likely N-dealkylation sites (tertiary alicyclic amines) is 1. The summed E-state index contributed by atoms with van der Waals surface area (Å²) in [5.74, 6) is -1.71. The van der Waals surface area contributed by atoms with Crippen LogP contribution in [0.1, 0.15) is 26.7 Å². The van der Waals surface area contributed by atoms with Crippen molar-refractivity contribution < 1.29 is 18.0 Å². The molecule has 1 rings (SSSR count). The van der Waals surface area contributed by atoms with Crippen LogP contribution < -0.4 is 0 Å². The molecule has 0 spiro atoms. The number of hydrogen-bond donors (Lipinski definition) is 0. The van der Waals surface area contributed by atoms with Gasteiger partial charge in [-0.05, 0) is 26.7 Å². The number of amides is 1. The highest BCUT2D eigenvalue weighted by Crippen LogP contribution is 2.34. The largest absolute Gasteiger partial charge is 0.391 e. The predicted octanol–water partition coefficient (Wildman–Crippen LogP) is 2.34. The minimum absolute atomic E-state index is 0.0727. The summed E-state index contributed by atoms with van der Waals surface area (Å²) in [5.41, 5.74) is -1.16. The van der Waals surface area contributed by atoms with Gasteiger partial charge in [0.15, 0.2) is 0 Å². The van der Waals surface area contributed by atoms with Crippen molar-refractivity contribution in [1.82, 2.24) is 4.90 Å². The lowest BCUT2D eigenvalue weighted by molar-refractivity contribution is -0.187. The summed E-state index contributed by atoms with van der Waals surface area (Å²) in [5, 5.41) is 8.80. The maximum absolute atomic E-state index is 12.4. The second-order valence-electron chi connectivity index (χ2n) is 4.84. The Morgan fingerprint density at radius 3 is 2.12 bits per heavy atom. The van der Waals surface area contributed by atoms with Crippen molar-refractivity contribution in [2.75, 3.05) is 13.1 Å². The number of piperidine rings is 1. The van der Waals surface area contributed by atoms with Crippen LogP contribution in [0.4, 0.5) is 13.2 Å². The van der Waals surface area contributed by atoms with Crippen LogP contribution in [0.2, 0.25) is 0 Å². The highest BCUT2D eigenvalue weighted by molar-refractivity contribution is 5.84. The molecule has 0 radical (unpaired) electrons. The second-order valence-corrected chi connectivity index (χ2v) is 4.84. The molecule has 0 saturated carbocycles. The van der Waals surface area contributed by atoms with Crippen LogP contribution in [0.25, 0.3) is 0 Å². The zero-order chi connectivity index (χ0) is 13.3. The van der Waals surface area contributed by atoms with Gasteiger partial charge >= 0.3 is 6.18 Å². The Kier molecular flexibility index (Phi) is 3.70. The lowest BCUT2D eigenvalue weighted by atomic mass is 9.90. The van der Waals surface area contributed by atoms with E-state index in [-0.39, 0.29) is 31.8 Å². The monoisotopic (exact) mass is 248 g/mol. The molecule has 1 aliphatic heterocycles. The van der Waals surface area contributed by atoms with Crippen molar-refractivity contribution >= 4 is 5.91 Å². The van der Waals surface area contributed by atoms with Gasteiger partial charge in [0.2, 0.25) is 5.91 Å². The highest BCUT2D eigenvalue weighted by atomic mass is 19.4. The van der Waals surface area contributed by atoms with Crippen LogP contribution in [-0.2, 0) is 4.79 Å². The van der Waals surface area contributed by atoms with Crippen molar-refractivity contribution in [1.29, 1.82) is 5.26 Å². The van der Waals surface area contributed by atoms with E-state index < -0.39 is 17.5 Å². The summed E-state index contributed by atoms with van der Waals surface area (Å²) in [4.78, 5) is 13.2. The number of hydrogen-bond acceptors (Lipinski definition) is 2. The van der Waals surface area contributed by atoms with Gasteiger partial charge in [-0.1, -0.05) is 0 Å². The Morgan fingerprint density at radius 1 is 1.29 bits per heavy atom. The van der Waals surface area contributed by atoms with Gasteiger partial charge in [0.25, 0.3) is 0 Å². The molecule has 0 aliphatic carbocycles. The third-order valence-electron chi connectivity index (χ3n) is 3.06. The fraction of sp³-hybridized carbons (Fsp3) is 0.818. The molecule has 6 heteroatoms. The topological polar surface area (TPSA) is 44.1 Å².